The second kappa shape index (κ2) is 15.0. The molecule has 8 nitrogen and oxygen atoms in total. The molecule has 212 valence electrons. The molecular weight excluding hydrogens is 484 g/mol. The first-order chi connectivity index (χ1) is 19.1. The SMILES string of the molecule is CCCN(CCC)CCCCCc1nc2ccc(CN(Cc3ncc[nH]3)C(C)c3ncc[nH]3)cc2n1CCC. The zero-order valence-corrected chi connectivity index (χ0v) is 24.5. The van der Waals surface area contributed by atoms with Gasteiger partial charge in [0.15, 0.2) is 0 Å². The fourth-order valence-electron chi connectivity index (χ4n) is 5.56. The van der Waals surface area contributed by atoms with Crippen LogP contribution in [-0.4, -0.2) is 58.9 Å². The lowest BCUT2D eigenvalue weighted by molar-refractivity contribution is 0.181. The molecule has 0 bridgehead atoms. The number of unbranched alkanes of at least 4 members (excludes halogenated alkanes) is 2. The maximum Gasteiger partial charge on any atom is 0.123 e. The molecule has 0 spiro atoms. The van der Waals surface area contributed by atoms with Crippen molar-refractivity contribution >= 4 is 11.0 Å². The summed E-state index contributed by atoms with van der Waals surface area (Å²) >= 11 is 0. The van der Waals surface area contributed by atoms with Crippen LogP contribution in [0.2, 0.25) is 0 Å². The lowest BCUT2D eigenvalue weighted by Crippen LogP contribution is -2.27. The number of nitrogens with one attached hydrogen (secondary N) is 2. The van der Waals surface area contributed by atoms with Gasteiger partial charge in [0.2, 0.25) is 0 Å². The molecule has 1 atom stereocenters. The quantitative estimate of drug-likeness (QED) is 0.143. The molecule has 4 aromatic rings. The molecule has 4 rings (SSSR count). The van der Waals surface area contributed by atoms with E-state index in [1.807, 2.05) is 24.8 Å². The Labute approximate surface area is 234 Å². The standard InChI is InChI=1S/C31H48N8/c1-5-18-37(19-6-2)21-10-8-9-11-30-36-27-13-12-26(22-28(27)39(30)20-7-3)23-38(24-29-32-14-15-33-29)25(4)31-34-16-17-35-31/h12-17,22,25H,5-11,18-21,23-24H2,1-4H3,(H,32,33)(H,34,35). The predicted molar refractivity (Wildman–Crippen MR) is 159 cm³/mol. The van der Waals surface area contributed by atoms with E-state index in [-0.39, 0.29) is 6.04 Å². The van der Waals surface area contributed by atoms with Crippen LogP contribution in [0.4, 0.5) is 0 Å². The Bertz CT molecular complexity index is 1210. The minimum atomic E-state index is 0.127. The van der Waals surface area contributed by atoms with Crippen LogP contribution in [0.1, 0.15) is 95.3 Å². The van der Waals surface area contributed by atoms with E-state index in [0.29, 0.717) is 0 Å². The average Bonchev–Trinajstić information content (AvgIpc) is 3.71. The summed E-state index contributed by atoms with van der Waals surface area (Å²) in [5.41, 5.74) is 3.64. The number of rotatable bonds is 18. The maximum atomic E-state index is 5.09. The van der Waals surface area contributed by atoms with Crippen LogP contribution in [0, 0.1) is 0 Å². The van der Waals surface area contributed by atoms with E-state index in [0.717, 1.165) is 49.6 Å². The summed E-state index contributed by atoms with van der Waals surface area (Å²) in [6, 6.07) is 6.91. The van der Waals surface area contributed by atoms with Crippen molar-refractivity contribution in [3.8, 4) is 0 Å². The average molecular weight is 533 g/mol. The normalized spacial score (nSPS) is 12.8. The first kappa shape index (κ1) is 29.0. The Hall–Kier alpha value is -2.97. The van der Waals surface area contributed by atoms with Gasteiger partial charge >= 0.3 is 0 Å². The van der Waals surface area contributed by atoms with Gasteiger partial charge in [-0.15, -0.1) is 0 Å². The van der Waals surface area contributed by atoms with Gasteiger partial charge in [-0.3, -0.25) is 4.90 Å². The van der Waals surface area contributed by atoms with E-state index in [1.54, 1.807) is 0 Å². The summed E-state index contributed by atoms with van der Waals surface area (Å²) in [7, 11) is 0. The van der Waals surface area contributed by atoms with E-state index in [4.69, 9.17) is 4.98 Å². The Morgan fingerprint density at radius 3 is 2.36 bits per heavy atom. The zero-order valence-electron chi connectivity index (χ0n) is 24.5. The summed E-state index contributed by atoms with van der Waals surface area (Å²) in [5, 5.41) is 0. The van der Waals surface area contributed by atoms with Crippen molar-refractivity contribution in [2.75, 3.05) is 19.6 Å². The number of aromatic amines is 2. The fraction of sp³-hybridized carbons (Fsp3) is 0.581. The number of nitrogens with zero attached hydrogens (tertiary/aromatic N) is 6. The second-order valence-corrected chi connectivity index (χ2v) is 10.7. The molecule has 1 unspecified atom stereocenters. The van der Waals surface area contributed by atoms with Gasteiger partial charge in [-0.05, 0) is 76.4 Å². The lowest BCUT2D eigenvalue weighted by atomic mass is 10.1. The highest BCUT2D eigenvalue weighted by atomic mass is 15.2. The minimum Gasteiger partial charge on any atom is -0.348 e. The van der Waals surface area contributed by atoms with Gasteiger partial charge in [0, 0.05) is 44.3 Å². The molecule has 0 amide bonds. The van der Waals surface area contributed by atoms with Crippen LogP contribution in [-0.2, 0) is 26.1 Å². The number of H-pyrrole nitrogens is 2. The Morgan fingerprint density at radius 2 is 1.67 bits per heavy atom. The molecule has 2 N–H and O–H groups in total. The smallest absolute Gasteiger partial charge is 0.123 e. The van der Waals surface area contributed by atoms with Crippen molar-refractivity contribution in [2.24, 2.45) is 0 Å². The zero-order chi connectivity index (χ0) is 27.5. The highest BCUT2D eigenvalue weighted by molar-refractivity contribution is 5.77. The molecule has 3 aromatic heterocycles. The van der Waals surface area contributed by atoms with Gasteiger partial charge in [-0.2, -0.15) is 0 Å². The third kappa shape index (κ3) is 8.02. The molecule has 0 radical (unpaired) electrons. The van der Waals surface area contributed by atoms with E-state index in [9.17, 15) is 0 Å². The Kier molecular flexibility index (Phi) is 11.2. The molecular formula is C31H48N8. The van der Waals surface area contributed by atoms with Crippen LogP contribution in [0.5, 0.6) is 0 Å². The third-order valence-electron chi connectivity index (χ3n) is 7.55. The van der Waals surface area contributed by atoms with Crippen LogP contribution in [0.25, 0.3) is 11.0 Å². The van der Waals surface area contributed by atoms with Gasteiger partial charge < -0.3 is 19.4 Å². The summed E-state index contributed by atoms with van der Waals surface area (Å²) in [5.74, 6) is 3.16. The molecule has 0 fully saturated rings. The van der Waals surface area contributed by atoms with Crippen LogP contribution < -0.4 is 0 Å². The van der Waals surface area contributed by atoms with Crippen LogP contribution >= 0.6 is 0 Å². The molecule has 1 aromatic carbocycles. The monoisotopic (exact) mass is 532 g/mol. The largest absolute Gasteiger partial charge is 0.348 e. The van der Waals surface area contributed by atoms with Crippen molar-refractivity contribution in [1.29, 1.82) is 0 Å². The first-order valence-corrected chi connectivity index (χ1v) is 15.0. The van der Waals surface area contributed by atoms with Gasteiger partial charge in [0.25, 0.3) is 0 Å². The molecule has 0 saturated carbocycles. The van der Waals surface area contributed by atoms with E-state index < -0.39 is 0 Å². The van der Waals surface area contributed by atoms with Crippen molar-refractivity contribution < 1.29 is 0 Å². The van der Waals surface area contributed by atoms with Crippen molar-refractivity contribution in [1.82, 2.24) is 39.3 Å². The van der Waals surface area contributed by atoms with Crippen molar-refractivity contribution in [3.05, 3.63) is 66.0 Å². The second-order valence-electron chi connectivity index (χ2n) is 10.7. The number of aryl methyl sites for hydroxylation is 2. The highest BCUT2D eigenvalue weighted by Gasteiger charge is 2.20. The van der Waals surface area contributed by atoms with E-state index in [2.05, 4.69) is 80.2 Å². The van der Waals surface area contributed by atoms with E-state index >= 15 is 0 Å². The van der Waals surface area contributed by atoms with Gasteiger partial charge in [-0.25, -0.2) is 15.0 Å². The molecule has 0 aliphatic carbocycles. The van der Waals surface area contributed by atoms with Crippen molar-refractivity contribution in [3.63, 3.8) is 0 Å². The maximum absolute atomic E-state index is 5.09. The lowest BCUT2D eigenvalue weighted by Gasteiger charge is -2.27. The topological polar surface area (TPSA) is 81.7 Å². The van der Waals surface area contributed by atoms with Gasteiger partial charge in [0.1, 0.15) is 17.5 Å². The number of imidazole rings is 3. The molecule has 39 heavy (non-hydrogen) atoms. The van der Waals surface area contributed by atoms with Crippen molar-refractivity contribution in [2.45, 2.75) is 98.3 Å². The van der Waals surface area contributed by atoms with Crippen LogP contribution in [0.15, 0.2) is 43.0 Å². The number of benzene rings is 1. The number of hydrogen-bond acceptors (Lipinski definition) is 5. The Balaban J connectivity index is 1.45. The predicted octanol–water partition coefficient (Wildman–Crippen LogP) is 6.49. The third-order valence-corrected chi connectivity index (χ3v) is 7.55. The number of hydrogen-bond donors (Lipinski definition) is 2. The molecule has 0 aliphatic heterocycles. The summed E-state index contributed by atoms with van der Waals surface area (Å²) in [4.78, 5) is 25.7. The molecule has 8 heteroatoms. The first-order valence-electron chi connectivity index (χ1n) is 15.0. The summed E-state index contributed by atoms with van der Waals surface area (Å²) in [6.07, 6.45) is 15.8. The summed E-state index contributed by atoms with van der Waals surface area (Å²) < 4.78 is 2.46. The number of fused-ring (bicyclic) bond motifs is 1. The highest BCUT2D eigenvalue weighted by Crippen LogP contribution is 2.25. The number of aromatic nitrogens is 6. The minimum absolute atomic E-state index is 0.127. The Morgan fingerprint density at radius 1 is 0.872 bits per heavy atom. The molecule has 0 saturated heterocycles. The van der Waals surface area contributed by atoms with E-state index in [1.165, 1.54) is 68.6 Å². The van der Waals surface area contributed by atoms with Gasteiger partial charge in [-0.1, -0.05) is 33.3 Å². The molecule has 3 heterocycles. The van der Waals surface area contributed by atoms with Gasteiger partial charge in [0.05, 0.1) is 23.6 Å². The summed E-state index contributed by atoms with van der Waals surface area (Å²) in [6.45, 7) is 15.2. The molecule has 0 aliphatic rings. The fourth-order valence-corrected chi connectivity index (χ4v) is 5.56. The van der Waals surface area contributed by atoms with Crippen LogP contribution in [0.3, 0.4) is 0 Å².